The summed E-state index contributed by atoms with van der Waals surface area (Å²) in [6, 6.07) is 20.8. The number of amides is 1. The van der Waals surface area contributed by atoms with E-state index in [-0.39, 0.29) is 17.2 Å². The number of allylic oxidation sites excluding steroid dienone is 1. The Labute approximate surface area is 219 Å². The van der Waals surface area contributed by atoms with Crippen molar-refractivity contribution in [1.29, 1.82) is 0 Å². The average molecular weight is 497 g/mol. The number of aryl methyl sites for hydroxylation is 1. The number of hydrogen-bond donors (Lipinski definition) is 2. The Bertz CT molecular complexity index is 1310. The van der Waals surface area contributed by atoms with E-state index >= 15 is 0 Å². The number of unbranched alkanes of at least 4 members (excludes halogenated alkanes) is 2. The number of anilines is 1. The van der Waals surface area contributed by atoms with E-state index in [1.54, 1.807) is 37.5 Å². The standard InChI is InChI=1S/C32H36N2O3/c1-5-6-7-9-22-12-14-23(15-13-22)31(36)33-26-11-8-10-24(18-26)30(35)20-29-28-19-27(37-4)17-16-25(28)21-32(2,3)34-29/h8,10-20,34H,5-7,9,21H2,1-4H3,(H,33,36)/b29-20-. The third kappa shape index (κ3) is 6.67. The lowest BCUT2D eigenvalue weighted by atomic mass is 9.85. The van der Waals surface area contributed by atoms with Crippen LogP contribution >= 0.6 is 0 Å². The van der Waals surface area contributed by atoms with Crippen LogP contribution in [-0.4, -0.2) is 24.3 Å². The minimum absolute atomic E-state index is 0.137. The molecule has 1 amide bonds. The fourth-order valence-electron chi connectivity index (χ4n) is 4.72. The fourth-order valence-corrected chi connectivity index (χ4v) is 4.72. The normalized spacial score (nSPS) is 15.0. The first-order valence-corrected chi connectivity index (χ1v) is 13.0. The highest BCUT2D eigenvalue weighted by Crippen LogP contribution is 2.32. The molecule has 5 heteroatoms. The summed E-state index contributed by atoms with van der Waals surface area (Å²) in [6.07, 6.45) is 7.07. The molecule has 0 aliphatic carbocycles. The SMILES string of the molecule is CCCCCc1ccc(C(=O)Nc2cccc(C(=O)/C=C3\NC(C)(C)Cc4ccc(OC)cc43)c2)cc1. The molecule has 0 saturated heterocycles. The minimum Gasteiger partial charge on any atom is -0.497 e. The van der Waals surface area contributed by atoms with Gasteiger partial charge in [0.2, 0.25) is 0 Å². The van der Waals surface area contributed by atoms with Gasteiger partial charge in [-0.1, -0.05) is 50.1 Å². The number of nitrogens with one attached hydrogen (secondary N) is 2. The molecule has 2 N–H and O–H groups in total. The predicted molar refractivity (Wildman–Crippen MR) is 150 cm³/mol. The first kappa shape index (κ1) is 26.2. The third-order valence-corrected chi connectivity index (χ3v) is 6.68. The Balaban J connectivity index is 1.50. The number of benzene rings is 3. The van der Waals surface area contributed by atoms with Gasteiger partial charge in [0.1, 0.15) is 5.75 Å². The van der Waals surface area contributed by atoms with E-state index in [4.69, 9.17) is 4.74 Å². The fraction of sp³-hybridized carbons (Fsp3) is 0.312. The molecular formula is C32H36N2O3. The second kappa shape index (κ2) is 11.5. The summed E-state index contributed by atoms with van der Waals surface area (Å²) in [7, 11) is 1.64. The van der Waals surface area contributed by atoms with Crippen molar-refractivity contribution < 1.29 is 14.3 Å². The van der Waals surface area contributed by atoms with Crippen molar-refractivity contribution in [2.24, 2.45) is 0 Å². The maximum atomic E-state index is 13.3. The van der Waals surface area contributed by atoms with Crippen molar-refractivity contribution in [2.75, 3.05) is 12.4 Å². The van der Waals surface area contributed by atoms with Crippen LogP contribution in [0.2, 0.25) is 0 Å². The van der Waals surface area contributed by atoms with E-state index in [0.717, 1.165) is 36.3 Å². The lowest BCUT2D eigenvalue weighted by Crippen LogP contribution is -2.43. The van der Waals surface area contributed by atoms with Crippen molar-refractivity contribution in [3.63, 3.8) is 0 Å². The molecule has 0 fully saturated rings. The molecule has 4 rings (SSSR count). The van der Waals surface area contributed by atoms with Crippen LogP contribution in [0, 0.1) is 0 Å². The van der Waals surface area contributed by atoms with Crippen LogP contribution < -0.4 is 15.4 Å². The Morgan fingerprint density at radius 1 is 1.00 bits per heavy atom. The van der Waals surface area contributed by atoms with E-state index in [1.165, 1.54) is 24.0 Å². The van der Waals surface area contributed by atoms with Gasteiger partial charge in [-0.15, -0.1) is 0 Å². The third-order valence-electron chi connectivity index (χ3n) is 6.68. The lowest BCUT2D eigenvalue weighted by Gasteiger charge is -2.35. The monoisotopic (exact) mass is 496 g/mol. The van der Waals surface area contributed by atoms with E-state index in [2.05, 4.69) is 37.5 Å². The largest absolute Gasteiger partial charge is 0.497 e. The molecule has 0 aromatic heterocycles. The zero-order valence-corrected chi connectivity index (χ0v) is 22.2. The van der Waals surface area contributed by atoms with Crippen LogP contribution in [0.25, 0.3) is 5.70 Å². The van der Waals surface area contributed by atoms with Gasteiger partial charge in [-0.3, -0.25) is 9.59 Å². The van der Waals surface area contributed by atoms with Crippen molar-refractivity contribution in [1.82, 2.24) is 5.32 Å². The highest BCUT2D eigenvalue weighted by Gasteiger charge is 2.28. The average Bonchev–Trinajstić information content (AvgIpc) is 2.88. The molecule has 192 valence electrons. The van der Waals surface area contributed by atoms with Gasteiger partial charge in [0.15, 0.2) is 5.78 Å². The van der Waals surface area contributed by atoms with Gasteiger partial charge in [0.25, 0.3) is 5.91 Å². The Kier molecular flexibility index (Phi) is 8.12. The molecule has 0 saturated carbocycles. The number of ketones is 1. The van der Waals surface area contributed by atoms with Gasteiger partial charge < -0.3 is 15.4 Å². The van der Waals surface area contributed by atoms with Crippen molar-refractivity contribution >= 4 is 23.1 Å². The molecule has 1 heterocycles. The van der Waals surface area contributed by atoms with E-state index in [9.17, 15) is 9.59 Å². The van der Waals surface area contributed by atoms with Crippen molar-refractivity contribution in [3.8, 4) is 5.75 Å². The highest BCUT2D eigenvalue weighted by molar-refractivity contribution is 6.10. The van der Waals surface area contributed by atoms with E-state index in [0.29, 0.717) is 16.8 Å². The molecule has 5 nitrogen and oxygen atoms in total. The van der Waals surface area contributed by atoms with Crippen LogP contribution in [0.4, 0.5) is 5.69 Å². The summed E-state index contributed by atoms with van der Waals surface area (Å²) in [5.74, 6) is 0.415. The first-order valence-electron chi connectivity index (χ1n) is 13.0. The number of rotatable bonds is 9. The zero-order chi connectivity index (χ0) is 26.4. The zero-order valence-electron chi connectivity index (χ0n) is 22.2. The lowest BCUT2D eigenvalue weighted by molar-refractivity contribution is 0.102. The number of carbonyl (C=O) groups excluding carboxylic acids is 2. The molecule has 0 radical (unpaired) electrons. The maximum absolute atomic E-state index is 13.3. The summed E-state index contributed by atoms with van der Waals surface area (Å²) >= 11 is 0. The summed E-state index contributed by atoms with van der Waals surface area (Å²) < 4.78 is 5.41. The molecule has 0 spiro atoms. The smallest absolute Gasteiger partial charge is 0.255 e. The Morgan fingerprint density at radius 3 is 2.51 bits per heavy atom. The van der Waals surface area contributed by atoms with Crippen LogP contribution in [-0.2, 0) is 12.8 Å². The number of ether oxygens (including phenoxy) is 1. The highest BCUT2D eigenvalue weighted by atomic mass is 16.5. The number of hydrogen-bond acceptors (Lipinski definition) is 4. The Morgan fingerprint density at radius 2 is 1.78 bits per heavy atom. The topological polar surface area (TPSA) is 67.4 Å². The second-order valence-corrected chi connectivity index (χ2v) is 10.3. The number of carbonyl (C=O) groups is 2. The van der Waals surface area contributed by atoms with Gasteiger partial charge in [-0.05, 0) is 80.6 Å². The molecule has 1 aliphatic heterocycles. The molecule has 0 unspecified atom stereocenters. The summed E-state index contributed by atoms with van der Waals surface area (Å²) in [4.78, 5) is 26.1. The molecule has 37 heavy (non-hydrogen) atoms. The molecular weight excluding hydrogens is 460 g/mol. The molecule has 3 aromatic rings. The van der Waals surface area contributed by atoms with Crippen LogP contribution in [0.3, 0.4) is 0 Å². The van der Waals surface area contributed by atoms with Crippen molar-refractivity contribution in [2.45, 2.75) is 58.4 Å². The Hall–Kier alpha value is -3.86. The molecule has 1 aliphatic rings. The van der Waals surface area contributed by atoms with Gasteiger partial charge in [-0.2, -0.15) is 0 Å². The molecule has 0 atom stereocenters. The number of fused-ring (bicyclic) bond motifs is 1. The second-order valence-electron chi connectivity index (χ2n) is 10.3. The van der Waals surface area contributed by atoms with E-state index in [1.807, 2.05) is 36.4 Å². The predicted octanol–water partition coefficient (Wildman–Crippen LogP) is 6.83. The summed E-state index contributed by atoms with van der Waals surface area (Å²) in [5.41, 5.74) is 5.64. The van der Waals surface area contributed by atoms with Gasteiger partial charge in [0, 0.05) is 39.7 Å². The van der Waals surface area contributed by atoms with Crippen molar-refractivity contribution in [3.05, 3.63) is 101 Å². The summed E-state index contributed by atoms with van der Waals surface area (Å²) in [6.45, 7) is 6.43. The van der Waals surface area contributed by atoms with Crippen LogP contribution in [0.5, 0.6) is 5.75 Å². The molecule has 3 aromatic carbocycles. The quantitative estimate of drug-likeness (QED) is 0.194. The minimum atomic E-state index is -0.195. The van der Waals surface area contributed by atoms with Crippen LogP contribution in [0.15, 0.2) is 72.8 Å². The van der Waals surface area contributed by atoms with Crippen LogP contribution in [0.1, 0.15) is 77.4 Å². The summed E-state index contributed by atoms with van der Waals surface area (Å²) in [5, 5.41) is 6.43. The number of methoxy groups -OCH3 is 1. The first-order chi connectivity index (χ1) is 17.8. The van der Waals surface area contributed by atoms with Gasteiger partial charge >= 0.3 is 0 Å². The van der Waals surface area contributed by atoms with Gasteiger partial charge in [0.05, 0.1) is 7.11 Å². The van der Waals surface area contributed by atoms with E-state index < -0.39 is 0 Å². The van der Waals surface area contributed by atoms with Gasteiger partial charge in [-0.25, -0.2) is 0 Å². The maximum Gasteiger partial charge on any atom is 0.255 e. The molecule has 0 bridgehead atoms.